The van der Waals surface area contributed by atoms with E-state index in [4.69, 9.17) is 9.57 Å². The maximum Gasteiger partial charge on any atom is 0.267 e. The van der Waals surface area contributed by atoms with Crippen molar-refractivity contribution in [3.8, 4) is 0 Å². The van der Waals surface area contributed by atoms with Gasteiger partial charge in [-0.15, -0.1) is 0 Å². The van der Waals surface area contributed by atoms with Crippen molar-refractivity contribution in [2.45, 2.75) is 83.6 Å². The Bertz CT molecular complexity index is 756. The molecule has 1 aromatic rings. The van der Waals surface area contributed by atoms with Crippen LogP contribution in [-0.4, -0.2) is 46.8 Å². The summed E-state index contributed by atoms with van der Waals surface area (Å²) in [4.78, 5) is 38.6. The van der Waals surface area contributed by atoms with Gasteiger partial charge in [-0.25, -0.2) is 15.3 Å². The molecule has 2 heterocycles. The van der Waals surface area contributed by atoms with Gasteiger partial charge in [0.05, 0.1) is 18.1 Å². The first-order valence-corrected chi connectivity index (χ1v) is 11.6. The van der Waals surface area contributed by atoms with E-state index in [1.165, 1.54) is 18.9 Å². The highest BCUT2D eigenvalue weighted by Gasteiger charge is 2.24. The van der Waals surface area contributed by atoms with Gasteiger partial charge in [0, 0.05) is 25.1 Å². The third kappa shape index (κ3) is 8.20. The fraction of sp³-hybridized carbons (Fsp3) is 0.652. The van der Waals surface area contributed by atoms with Crippen molar-refractivity contribution in [3.63, 3.8) is 0 Å². The quantitative estimate of drug-likeness (QED) is 0.375. The molecule has 1 aliphatic heterocycles. The zero-order valence-corrected chi connectivity index (χ0v) is 19.0. The zero-order chi connectivity index (χ0) is 22.8. The van der Waals surface area contributed by atoms with Gasteiger partial charge in [-0.2, -0.15) is 0 Å². The molecule has 1 unspecified atom stereocenters. The number of hydroxylamine groups is 1. The summed E-state index contributed by atoms with van der Waals surface area (Å²) in [6, 6.07) is -0.0893. The summed E-state index contributed by atoms with van der Waals surface area (Å²) in [6.45, 7) is 4.82. The van der Waals surface area contributed by atoms with E-state index in [1.807, 2.05) is 0 Å². The number of ether oxygens (including phenoxy) is 1. The van der Waals surface area contributed by atoms with E-state index in [2.05, 4.69) is 39.9 Å². The zero-order valence-electron chi connectivity index (χ0n) is 19.0. The van der Waals surface area contributed by atoms with Crippen LogP contribution in [0.15, 0.2) is 18.5 Å². The van der Waals surface area contributed by atoms with Crippen LogP contribution in [0.4, 0.5) is 5.82 Å². The lowest BCUT2D eigenvalue weighted by Crippen LogP contribution is -2.44. The molecule has 1 saturated carbocycles. The fourth-order valence-corrected chi connectivity index (χ4v) is 3.87. The second-order valence-corrected chi connectivity index (χ2v) is 8.86. The molecule has 176 valence electrons. The molecule has 1 saturated heterocycles. The number of hydrogen-bond acceptors (Lipinski definition) is 7. The summed E-state index contributed by atoms with van der Waals surface area (Å²) in [5, 5.41) is 6.37. The van der Waals surface area contributed by atoms with Crippen LogP contribution in [0.5, 0.6) is 0 Å². The fourth-order valence-electron chi connectivity index (χ4n) is 3.87. The molecule has 1 aliphatic carbocycles. The Balaban J connectivity index is 1.49. The summed E-state index contributed by atoms with van der Waals surface area (Å²) in [7, 11) is 0. The predicted molar refractivity (Wildman–Crippen MR) is 121 cm³/mol. The smallest absolute Gasteiger partial charge is 0.267 e. The molecule has 2 amide bonds. The molecule has 9 heteroatoms. The summed E-state index contributed by atoms with van der Waals surface area (Å²) in [5.41, 5.74) is 2.89. The van der Waals surface area contributed by atoms with Gasteiger partial charge in [0.1, 0.15) is 11.9 Å². The van der Waals surface area contributed by atoms with Gasteiger partial charge in [-0.1, -0.05) is 26.7 Å². The van der Waals surface area contributed by atoms with Crippen LogP contribution < -0.4 is 16.1 Å². The van der Waals surface area contributed by atoms with Gasteiger partial charge in [0.2, 0.25) is 5.91 Å². The average molecular weight is 446 g/mol. The number of rotatable bonds is 10. The molecule has 0 spiro atoms. The SMILES string of the molecule is CC(C)C[C@@H](Nc1cnc(C=CC(=O)NOC2CCCCO2)cn1)C(=O)NC1CCCC1. The Morgan fingerprint density at radius 1 is 1.16 bits per heavy atom. The number of carbonyl (C=O) groups is 2. The van der Waals surface area contributed by atoms with Gasteiger partial charge >= 0.3 is 0 Å². The van der Waals surface area contributed by atoms with E-state index in [9.17, 15) is 9.59 Å². The topological polar surface area (TPSA) is 114 Å². The Hall–Kier alpha value is -2.52. The van der Waals surface area contributed by atoms with Crippen molar-refractivity contribution in [3.05, 3.63) is 24.2 Å². The number of carbonyl (C=O) groups excluding carboxylic acids is 2. The maximum atomic E-state index is 12.8. The largest absolute Gasteiger partial charge is 0.357 e. The third-order valence-electron chi connectivity index (χ3n) is 5.55. The maximum absolute atomic E-state index is 12.8. The number of nitrogens with one attached hydrogen (secondary N) is 3. The van der Waals surface area contributed by atoms with Gasteiger partial charge in [-0.3, -0.25) is 14.6 Å². The van der Waals surface area contributed by atoms with Crippen LogP contribution in [0.1, 0.15) is 70.9 Å². The van der Waals surface area contributed by atoms with Gasteiger partial charge < -0.3 is 15.4 Å². The van der Waals surface area contributed by atoms with Gasteiger partial charge in [-0.05, 0) is 44.1 Å². The molecule has 2 aliphatic rings. The first kappa shape index (κ1) is 24.1. The number of hydrogen-bond donors (Lipinski definition) is 3. The molecule has 1 aromatic heterocycles. The molecule has 9 nitrogen and oxygen atoms in total. The minimum atomic E-state index is -0.399. The number of nitrogens with zero attached hydrogens (tertiary/aromatic N) is 2. The average Bonchev–Trinajstić information content (AvgIpc) is 3.30. The Morgan fingerprint density at radius 2 is 1.94 bits per heavy atom. The van der Waals surface area contributed by atoms with Crippen molar-refractivity contribution < 1.29 is 19.2 Å². The molecular weight excluding hydrogens is 410 g/mol. The molecule has 0 aromatic carbocycles. The normalized spacial score (nSPS) is 20.4. The predicted octanol–water partition coefficient (Wildman–Crippen LogP) is 2.95. The van der Waals surface area contributed by atoms with Crippen molar-refractivity contribution in [1.82, 2.24) is 20.8 Å². The number of amides is 2. The highest BCUT2D eigenvalue weighted by Crippen LogP contribution is 2.19. The van der Waals surface area contributed by atoms with Gasteiger partial charge in [0.15, 0.2) is 6.29 Å². The minimum Gasteiger partial charge on any atom is -0.357 e. The van der Waals surface area contributed by atoms with Crippen LogP contribution in [0.2, 0.25) is 0 Å². The summed E-state index contributed by atoms with van der Waals surface area (Å²) in [5.74, 6) is 0.493. The van der Waals surface area contributed by atoms with Crippen molar-refractivity contribution in [2.75, 3.05) is 11.9 Å². The third-order valence-corrected chi connectivity index (χ3v) is 5.55. The first-order valence-electron chi connectivity index (χ1n) is 11.6. The Kier molecular flexibility index (Phi) is 9.43. The summed E-state index contributed by atoms with van der Waals surface area (Å²) < 4.78 is 5.39. The van der Waals surface area contributed by atoms with Crippen molar-refractivity contribution >= 4 is 23.7 Å². The molecular formula is C23H35N5O4. The first-order chi connectivity index (χ1) is 15.5. The second kappa shape index (κ2) is 12.5. The van der Waals surface area contributed by atoms with E-state index >= 15 is 0 Å². The highest BCUT2D eigenvalue weighted by molar-refractivity contribution is 5.90. The molecule has 0 radical (unpaired) electrons. The van der Waals surface area contributed by atoms with Crippen molar-refractivity contribution in [1.29, 1.82) is 0 Å². The Labute approximate surface area is 189 Å². The molecule has 2 fully saturated rings. The lowest BCUT2D eigenvalue weighted by atomic mass is 10.0. The summed E-state index contributed by atoms with van der Waals surface area (Å²) >= 11 is 0. The summed E-state index contributed by atoms with van der Waals surface area (Å²) in [6.07, 6.45) is 13.6. The van der Waals surface area contributed by atoms with E-state index in [0.29, 0.717) is 30.5 Å². The standard InChI is InChI=1S/C23H35N5O4/c1-16(2)13-19(23(30)26-17-7-3-4-8-17)27-20-15-24-18(14-25-20)10-11-21(29)28-32-22-9-5-6-12-31-22/h10-11,14-17,19,22H,3-9,12-13H2,1-2H3,(H,25,27)(H,26,30)(H,28,29)/t19-,22?/m1/s1. The van der Waals surface area contributed by atoms with Crippen LogP contribution >= 0.6 is 0 Å². The van der Waals surface area contributed by atoms with Crippen LogP contribution in [0.25, 0.3) is 6.08 Å². The molecule has 3 N–H and O–H groups in total. The molecule has 2 atom stereocenters. The number of anilines is 1. The van der Waals surface area contributed by atoms with E-state index in [1.54, 1.807) is 18.5 Å². The number of aromatic nitrogens is 2. The molecule has 0 bridgehead atoms. The van der Waals surface area contributed by atoms with Crippen molar-refractivity contribution in [2.24, 2.45) is 5.92 Å². The highest BCUT2D eigenvalue weighted by atomic mass is 16.8. The monoisotopic (exact) mass is 445 g/mol. The van der Waals surface area contributed by atoms with E-state index < -0.39 is 12.2 Å². The molecule has 32 heavy (non-hydrogen) atoms. The second-order valence-electron chi connectivity index (χ2n) is 8.86. The van der Waals surface area contributed by atoms with E-state index in [0.717, 1.165) is 32.1 Å². The van der Waals surface area contributed by atoms with Gasteiger partial charge in [0.25, 0.3) is 5.91 Å². The van der Waals surface area contributed by atoms with Crippen LogP contribution in [0.3, 0.4) is 0 Å². The van der Waals surface area contributed by atoms with Crippen LogP contribution in [0, 0.1) is 5.92 Å². The van der Waals surface area contributed by atoms with Crippen LogP contribution in [-0.2, 0) is 19.2 Å². The lowest BCUT2D eigenvalue weighted by Gasteiger charge is -2.22. The van der Waals surface area contributed by atoms with E-state index in [-0.39, 0.29) is 18.0 Å². The lowest BCUT2D eigenvalue weighted by molar-refractivity contribution is -0.198. The Morgan fingerprint density at radius 3 is 2.59 bits per heavy atom. The minimum absolute atomic E-state index is 0.00925. The molecule has 3 rings (SSSR count).